The van der Waals surface area contributed by atoms with Gasteiger partial charge in [0, 0.05) is 24.7 Å². The lowest BCUT2D eigenvalue weighted by Crippen LogP contribution is -2.48. The largest absolute Gasteiger partial charge is 0.374 e. The third-order valence-corrected chi connectivity index (χ3v) is 4.26. The molecular formula is C16H23FN2O. The Balaban J connectivity index is 1.82. The highest BCUT2D eigenvalue weighted by Crippen LogP contribution is 2.31. The van der Waals surface area contributed by atoms with E-state index >= 15 is 0 Å². The second-order valence-corrected chi connectivity index (χ2v) is 6.04. The van der Waals surface area contributed by atoms with Gasteiger partial charge in [-0.3, -0.25) is 4.90 Å². The van der Waals surface area contributed by atoms with Gasteiger partial charge in [-0.25, -0.2) is 4.39 Å². The number of morpholine rings is 1. The van der Waals surface area contributed by atoms with Gasteiger partial charge in [-0.05, 0) is 32.9 Å². The highest BCUT2D eigenvalue weighted by Gasteiger charge is 2.34. The minimum Gasteiger partial charge on any atom is -0.374 e. The molecule has 1 saturated heterocycles. The van der Waals surface area contributed by atoms with E-state index in [2.05, 4.69) is 17.3 Å². The van der Waals surface area contributed by atoms with Crippen molar-refractivity contribution in [2.45, 2.75) is 38.0 Å². The SMILES string of the molecule is Cc1ccc(F)c(C2C(CNC3CC3)OCCN2C)c1. The maximum Gasteiger partial charge on any atom is 0.128 e. The number of aryl methyl sites for hydroxylation is 1. The molecule has 1 aromatic carbocycles. The third kappa shape index (κ3) is 3.03. The number of halogens is 1. The first-order chi connectivity index (χ1) is 9.65. The summed E-state index contributed by atoms with van der Waals surface area (Å²) in [6, 6.07) is 5.98. The lowest BCUT2D eigenvalue weighted by atomic mass is 9.96. The molecule has 3 nitrogen and oxygen atoms in total. The van der Waals surface area contributed by atoms with Crippen LogP contribution in [0.2, 0.25) is 0 Å². The molecule has 0 radical (unpaired) electrons. The number of hydrogen-bond acceptors (Lipinski definition) is 3. The summed E-state index contributed by atoms with van der Waals surface area (Å²) in [5, 5.41) is 3.51. The zero-order valence-electron chi connectivity index (χ0n) is 12.2. The van der Waals surface area contributed by atoms with Gasteiger partial charge in [0.2, 0.25) is 0 Å². The molecular weight excluding hydrogens is 255 g/mol. The van der Waals surface area contributed by atoms with Gasteiger partial charge >= 0.3 is 0 Å². The second-order valence-electron chi connectivity index (χ2n) is 6.04. The summed E-state index contributed by atoms with van der Waals surface area (Å²) in [6.45, 7) is 4.37. The molecule has 0 spiro atoms. The van der Waals surface area contributed by atoms with Crippen molar-refractivity contribution in [2.75, 3.05) is 26.7 Å². The van der Waals surface area contributed by atoms with Crippen LogP contribution in [0.4, 0.5) is 4.39 Å². The molecule has 1 saturated carbocycles. The molecule has 110 valence electrons. The van der Waals surface area contributed by atoms with Crippen LogP contribution in [0.5, 0.6) is 0 Å². The second kappa shape index (κ2) is 5.80. The van der Waals surface area contributed by atoms with E-state index in [9.17, 15) is 4.39 Å². The van der Waals surface area contributed by atoms with Crippen molar-refractivity contribution in [3.8, 4) is 0 Å². The first-order valence-electron chi connectivity index (χ1n) is 7.46. The summed E-state index contributed by atoms with van der Waals surface area (Å²) in [5.74, 6) is -0.130. The molecule has 1 aliphatic heterocycles. The Kier molecular flexibility index (Phi) is 4.06. The Morgan fingerprint density at radius 2 is 2.20 bits per heavy atom. The van der Waals surface area contributed by atoms with Gasteiger partial charge in [-0.15, -0.1) is 0 Å². The third-order valence-electron chi connectivity index (χ3n) is 4.26. The van der Waals surface area contributed by atoms with Gasteiger partial charge in [0.1, 0.15) is 5.82 Å². The molecule has 1 aromatic rings. The van der Waals surface area contributed by atoms with Crippen molar-refractivity contribution < 1.29 is 9.13 Å². The molecule has 20 heavy (non-hydrogen) atoms. The van der Waals surface area contributed by atoms with Crippen LogP contribution in [0.1, 0.15) is 30.0 Å². The van der Waals surface area contributed by atoms with E-state index in [-0.39, 0.29) is 18.0 Å². The van der Waals surface area contributed by atoms with Crippen LogP contribution in [-0.2, 0) is 4.74 Å². The fourth-order valence-corrected chi connectivity index (χ4v) is 2.93. The van der Waals surface area contributed by atoms with E-state index in [0.717, 1.165) is 30.8 Å². The first-order valence-corrected chi connectivity index (χ1v) is 7.46. The van der Waals surface area contributed by atoms with E-state index in [0.29, 0.717) is 6.04 Å². The van der Waals surface area contributed by atoms with Crippen LogP contribution in [-0.4, -0.2) is 43.8 Å². The molecule has 0 aromatic heterocycles. The van der Waals surface area contributed by atoms with Crippen LogP contribution < -0.4 is 5.32 Å². The lowest BCUT2D eigenvalue weighted by molar-refractivity contribution is -0.0625. The number of rotatable bonds is 4. The van der Waals surface area contributed by atoms with E-state index < -0.39 is 0 Å². The molecule has 2 fully saturated rings. The minimum absolute atomic E-state index is 0.00472. The average molecular weight is 278 g/mol. The molecule has 2 unspecified atom stereocenters. The van der Waals surface area contributed by atoms with Gasteiger partial charge in [0.15, 0.2) is 0 Å². The number of benzene rings is 1. The Morgan fingerprint density at radius 3 is 2.95 bits per heavy atom. The van der Waals surface area contributed by atoms with Gasteiger partial charge in [-0.2, -0.15) is 0 Å². The van der Waals surface area contributed by atoms with E-state index in [4.69, 9.17) is 4.74 Å². The molecule has 1 N–H and O–H groups in total. The van der Waals surface area contributed by atoms with Gasteiger partial charge in [0.05, 0.1) is 18.8 Å². The molecule has 1 aliphatic carbocycles. The number of nitrogens with one attached hydrogen (secondary N) is 1. The monoisotopic (exact) mass is 278 g/mol. The van der Waals surface area contributed by atoms with Crippen molar-refractivity contribution in [1.29, 1.82) is 0 Å². The van der Waals surface area contributed by atoms with Crippen LogP contribution in [0.25, 0.3) is 0 Å². The van der Waals surface area contributed by atoms with Crippen molar-refractivity contribution in [3.63, 3.8) is 0 Å². The Labute approximate surface area is 120 Å². The smallest absolute Gasteiger partial charge is 0.128 e. The lowest BCUT2D eigenvalue weighted by Gasteiger charge is -2.39. The van der Waals surface area contributed by atoms with Crippen LogP contribution in [0, 0.1) is 12.7 Å². The predicted octanol–water partition coefficient (Wildman–Crippen LogP) is 2.26. The summed E-state index contributed by atoms with van der Waals surface area (Å²) in [6.07, 6.45) is 2.53. The van der Waals surface area contributed by atoms with Gasteiger partial charge in [0.25, 0.3) is 0 Å². The number of nitrogens with zero attached hydrogens (tertiary/aromatic N) is 1. The zero-order valence-corrected chi connectivity index (χ0v) is 12.2. The summed E-state index contributed by atoms with van der Waals surface area (Å²) in [5.41, 5.74) is 1.85. The van der Waals surface area contributed by atoms with Crippen molar-refractivity contribution in [2.24, 2.45) is 0 Å². The van der Waals surface area contributed by atoms with Crippen molar-refractivity contribution >= 4 is 0 Å². The minimum atomic E-state index is -0.130. The average Bonchev–Trinajstić information content (AvgIpc) is 3.24. The quantitative estimate of drug-likeness (QED) is 0.914. The van der Waals surface area contributed by atoms with Crippen LogP contribution >= 0.6 is 0 Å². The highest BCUT2D eigenvalue weighted by molar-refractivity contribution is 5.28. The first kappa shape index (κ1) is 14.0. The number of hydrogen-bond donors (Lipinski definition) is 1. The standard InChI is InChI=1S/C16H23FN2O/c1-11-3-6-14(17)13(9-11)16-15(10-18-12-4-5-12)20-8-7-19(16)2/h3,6,9,12,15-16,18H,4-5,7-8,10H2,1-2H3. The normalized spacial score (nSPS) is 27.8. The summed E-state index contributed by atoms with van der Waals surface area (Å²) in [7, 11) is 2.05. The Hall–Kier alpha value is -0.970. The predicted molar refractivity (Wildman–Crippen MR) is 77.3 cm³/mol. The van der Waals surface area contributed by atoms with Gasteiger partial charge < -0.3 is 10.1 Å². The van der Waals surface area contributed by atoms with E-state index in [1.807, 2.05) is 19.1 Å². The number of ether oxygens (including phenoxy) is 1. The fraction of sp³-hybridized carbons (Fsp3) is 0.625. The summed E-state index contributed by atoms with van der Waals surface area (Å²) >= 11 is 0. The van der Waals surface area contributed by atoms with Crippen molar-refractivity contribution in [3.05, 3.63) is 35.1 Å². The van der Waals surface area contributed by atoms with Crippen LogP contribution in [0.15, 0.2) is 18.2 Å². The fourth-order valence-electron chi connectivity index (χ4n) is 2.93. The highest BCUT2D eigenvalue weighted by atomic mass is 19.1. The Morgan fingerprint density at radius 1 is 1.40 bits per heavy atom. The van der Waals surface area contributed by atoms with Crippen LogP contribution in [0.3, 0.4) is 0 Å². The summed E-state index contributed by atoms with van der Waals surface area (Å²) in [4.78, 5) is 2.21. The molecule has 2 atom stereocenters. The molecule has 1 heterocycles. The zero-order chi connectivity index (χ0) is 14.1. The molecule has 2 aliphatic rings. The maximum atomic E-state index is 14.2. The van der Waals surface area contributed by atoms with Crippen molar-refractivity contribution in [1.82, 2.24) is 10.2 Å². The van der Waals surface area contributed by atoms with E-state index in [1.54, 1.807) is 6.07 Å². The molecule has 0 bridgehead atoms. The molecule has 3 rings (SSSR count). The molecule has 4 heteroatoms. The molecule has 0 amide bonds. The topological polar surface area (TPSA) is 24.5 Å². The summed E-state index contributed by atoms with van der Waals surface area (Å²) < 4.78 is 20.1. The van der Waals surface area contributed by atoms with E-state index in [1.165, 1.54) is 12.8 Å². The van der Waals surface area contributed by atoms with Gasteiger partial charge in [-0.1, -0.05) is 17.7 Å². The Bertz CT molecular complexity index is 476. The maximum absolute atomic E-state index is 14.2. The number of likely N-dealkylation sites (N-methyl/N-ethyl adjacent to an activating group) is 1.